The summed E-state index contributed by atoms with van der Waals surface area (Å²) in [7, 11) is 0. The van der Waals surface area contributed by atoms with Crippen molar-refractivity contribution >= 4 is 23.3 Å². The molecule has 0 bridgehead atoms. The second kappa shape index (κ2) is 16.4. The number of carboxylic acids is 1. The first-order valence-corrected chi connectivity index (χ1v) is 13.9. The Kier molecular flexibility index (Phi) is 13.3. The maximum atomic E-state index is 12.3. The van der Waals surface area contributed by atoms with Gasteiger partial charge in [0.05, 0.1) is 31.1 Å². The largest absolute Gasteiger partial charge is 0.491 e. The van der Waals surface area contributed by atoms with E-state index < -0.39 is 11.4 Å². The fourth-order valence-electron chi connectivity index (χ4n) is 4.13. The Hall–Kier alpha value is -3.62. The Labute approximate surface area is 230 Å². The number of carboxylic acid groups (broad SMARTS) is 1. The van der Waals surface area contributed by atoms with Gasteiger partial charge in [-0.25, -0.2) is 4.79 Å². The maximum absolute atomic E-state index is 12.3. The molecule has 214 valence electrons. The van der Waals surface area contributed by atoms with Gasteiger partial charge in [0.2, 0.25) is 0 Å². The number of nitrogens with zero attached hydrogens (tertiary/aromatic N) is 3. The second-order valence-electron chi connectivity index (χ2n) is 10.1. The third kappa shape index (κ3) is 9.26. The van der Waals surface area contributed by atoms with Gasteiger partial charge in [0.15, 0.2) is 5.43 Å². The molecule has 2 aromatic heterocycles. The molecule has 0 unspecified atom stereocenters. The van der Waals surface area contributed by atoms with Crippen molar-refractivity contribution in [2.75, 3.05) is 13.2 Å². The molecule has 0 aliphatic carbocycles. The molecule has 0 saturated carbocycles. The van der Waals surface area contributed by atoms with Gasteiger partial charge in [0.1, 0.15) is 16.8 Å². The number of pyridine rings is 1. The fraction of sp³-hybridized carbons (Fsp3) is 0.533. The van der Waals surface area contributed by atoms with Gasteiger partial charge in [-0.15, -0.1) is 0 Å². The summed E-state index contributed by atoms with van der Waals surface area (Å²) in [6.45, 7) is 13.2. The molecular weight excluding hydrogens is 498 g/mol. The summed E-state index contributed by atoms with van der Waals surface area (Å²) in [5.41, 5.74) is 1.59. The van der Waals surface area contributed by atoms with Crippen molar-refractivity contribution in [3.8, 4) is 17.1 Å². The lowest BCUT2D eigenvalue weighted by Gasteiger charge is -2.21. The van der Waals surface area contributed by atoms with Crippen molar-refractivity contribution in [3.63, 3.8) is 0 Å². The Morgan fingerprint density at radius 1 is 1.10 bits per heavy atom. The highest BCUT2D eigenvalue weighted by molar-refractivity contribution is 5.96. The number of unbranched alkanes of at least 4 members (excludes halogenated alkanes) is 5. The maximum Gasteiger partial charge on any atom is 0.341 e. The molecule has 1 aromatic carbocycles. The molecule has 3 aromatic rings. The van der Waals surface area contributed by atoms with E-state index in [0.717, 1.165) is 41.1 Å². The lowest BCUT2D eigenvalue weighted by molar-refractivity contribution is -0.128. The fourth-order valence-corrected chi connectivity index (χ4v) is 4.13. The normalized spacial score (nSPS) is 11.4. The van der Waals surface area contributed by atoms with Crippen molar-refractivity contribution in [2.24, 2.45) is 5.92 Å². The van der Waals surface area contributed by atoms with Gasteiger partial charge in [-0.2, -0.15) is 5.10 Å². The highest BCUT2D eigenvalue weighted by Crippen LogP contribution is 2.35. The molecule has 1 aliphatic heterocycles. The summed E-state index contributed by atoms with van der Waals surface area (Å²) < 4.78 is 13.9. The van der Waals surface area contributed by atoms with Crippen LogP contribution in [-0.2, 0) is 22.6 Å². The van der Waals surface area contributed by atoms with Crippen LogP contribution in [0.1, 0.15) is 83.5 Å². The molecule has 0 saturated heterocycles. The van der Waals surface area contributed by atoms with E-state index in [1.54, 1.807) is 6.92 Å². The van der Waals surface area contributed by atoms with Crippen LogP contribution < -0.4 is 10.2 Å². The molecule has 0 spiro atoms. The first-order chi connectivity index (χ1) is 18.7. The van der Waals surface area contributed by atoms with Crippen LogP contribution in [0.25, 0.3) is 22.3 Å². The summed E-state index contributed by atoms with van der Waals surface area (Å²) in [5, 5.41) is 14.9. The van der Waals surface area contributed by atoms with Gasteiger partial charge in [0.25, 0.3) is 6.47 Å². The van der Waals surface area contributed by atoms with Crippen LogP contribution in [0, 0.1) is 5.92 Å². The van der Waals surface area contributed by atoms with Gasteiger partial charge in [-0.1, -0.05) is 71.9 Å². The number of hydrogen-bond acceptors (Lipinski definition) is 6. The van der Waals surface area contributed by atoms with E-state index >= 15 is 0 Å². The summed E-state index contributed by atoms with van der Waals surface area (Å²) in [6, 6.07) is 7.24. The number of hydrogen-bond donors (Lipinski definition) is 1. The number of aromatic carboxylic acids is 1. The van der Waals surface area contributed by atoms with E-state index in [-0.39, 0.29) is 5.56 Å². The van der Waals surface area contributed by atoms with Crippen LogP contribution in [-0.4, -0.2) is 45.1 Å². The van der Waals surface area contributed by atoms with Gasteiger partial charge in [0, 0.05) is 24.2 Å². The van der Waals surface area contributed by atoms with Crippen molar-refractivity contribution in [1.82, 2.24) is 14.3 Å². The molecule has 1 aliphatic rings. The zero-order chi connectivity index (χ0) is 28.8. The summed E-state index contributed by atoms with van der Waals surface area (Å²) in [4.78, 5) is 32.8. The van der Waals surface area contributed by atoms with Crippen LogP contribution in [0.2, 0.25) is 0 Å². The van der Waals surface area contributed by atoms with Crippen molar-refractivity contribution in [3.05, 3.63) is 46.2 Å². The summed E-state index contributed by atoms with van der Waals surface area (Å²) in [6.07, 6.45) is 8.67. The number of carbonyl (C=O) groups is 2. The zero-order valence-corrected chi connectivity index (χ0v) is 23.9. The molecule has 9 heteroatoms. The van der Waals surface area contributed by atoms with Crippen molar-refractivity contribution in [1.29, 1.82) is 0 Å². The number of aryl methyl sites for hydroxylation is 2. The molecule has 4 rings (SSSR count). The number of aromatic nitrogens is 3. The summed E-state index contributed by atoms with van der Waals surface area (Å²) in [5.74, 6) is 0.378. The van der Waals surface area contributed by atoms with Crippen LogP contribution in [0.4, 0.5) is 0 Å². The minimum absolute atomic E-state index is 0.209. The highest BCUT2D eigenvalue weighted by atomic mass is 16.5. The molecule has 0 radical (unpaired) electrons. The Balaban J connectivity index is 0.000000516. The predicted octanol–water partition coefficient (Wildman–Crippen LogP) is 6.16. The lowest BCUT2D eigenvalue weighted by atomic mass is 10.1. The average molecular weight is 542 g/mol. The molecule has 0 amide bonds. The van der Waals surface area contributed by atoms with Gasteiger partial charge >= 0.3 is 5.97 Å². The Morgan fingerprint density at radius 2 is 1.79 bits per heavy atom. The SMILES string of the molecule is CC(C)C.CCCCCCCCOc1cccc2c3n(nc12)CCn1cc(C(=O)O)c(=O)cc1-3.CCOC=O. The van der Waals surface area contributed by atoms with E-state index in [4.69, 9.17) is 9.84 Å². The standard InChI is InChI=1S/C23H27N3O4.C4H10.C3H6O2/c1-2-3-4-5-6-7-13-30-20-10-8-9-16-21(20)24-26-12-11-25-15-17(23(28)29)19(27)14-18(25)22(16)26;1-4(2)3;1-2-5-3-4/h8-10,14-15H,2-7,11-13H2,1H3,(H,28,29);4H,1-3H3;3H,2H2,1H3. The van der Waals surface area contributed by atoms with Crippen molar-refractivity contribution in [2.45, 2.75) is 86.2 Å². The van der Waals surface area contributed by atoms with Gasteiger partial charge < -0.3 is 19.1 Å². The number of carbonyl (C=O) groups excluding carboxylic acids is 1. The third-order valence-electron chi connectivity index (χ3n) is 5.88. The average Bonchev–Trinajstić information content (AvgIpc) is 3.28. The van der Waals surface area contributed by atoms with Crippen LogP contribution in [0.15, 0.2) is 35.3 Å². The Bertz CT molecular complexity index is 1260. The zero-order valence-electron chi connectivity index (χ0n) is 23.9. The minimum atomic E-state index is -1.20. The van der Waals surface area contributed by atoms with Crippen LogP contribution in [0.5, 0.6) is 5.75 Å². The van der Waals surface area contributed by atoms with Gasteiger partial charge in [-0.05, 0) is 25.3 Å². The molecule has 3 heterocycles. The van der Waals surface area contributed by atoms with E-state index in [9.17, 15) is 19.5 Å². The van der Waals surface area contributed by atoms with E-state index in [0.29, 0.717) is 38.5 Å². The van der Waals surface area contributed by atoms with Crippen LogP contribution >= 0.6 is 0 Å². The molecule has 0 atom stereocenters. The number of ether oxygens (including phenoxy) is 2. The first-order valence-electron chi connectivity index (χ1n) is 13.9. The highest BCUT2D eigenvalue weighted by Gasteiger charge is 2.24. The monoisotopic (exact) mass is 541 g/mol. The van der Waals surface area contributed by atoms with E-state index in [1.807, 2.05) is 27.4 Å². The van der Waals surface area contributed by atoms with Crippen molar-refractivity contribution < 1.29 is 24.2 Å². The quantitative estimate of drug-likeness (QED) is 0.229. The number of rotatable bonds is 11. The molecular formula is C30H43N3O6. The van der Waals surface area contributed by atoms with Gasteiger partial charge in [-0.3, -0.25) is 14.3 Å². The smallest absolute Gasteiger partial charge is 0.341 e. The predicted molar refractivity (Wildman–Crippen MR) is 153 cm³/mol. The minimum Gasteiger partial charge on any atom is -0.491 e. The number of benzene rings is 1. The molecule has 9 nitrogen and oxygen atoms in total. The molecule has 39 heavy (non-hydrogen) atoms. The topological polar surface area (TPSA) is 113 Å². The molecule has 0 fully saturated rings. The third-order valence-corrected chi connectivity index (χ3v) is 5.88. The first kappa shape index (κ1) is 31.6. The summed E-state index contributed by atoms with van der Waals surface area (Å²) >= 11 is 0. The lowest BCUT2D eigenvalue weighted by Crippen LogP contribution is -2.24. The number of fused-ring (bicyclic) bond motifs is 5. The van der Waals surface area contributed by atoms with E-state index in [2.05, 4.69) is 32.4 Å². The Morgan fingerprint density at radius 3 is 2.41 bits per heavy atom. The second-order valence-corrected chi connectivity index (χ2v) is 10.1. The molecule has 1 N–H and O–H groups in total. The van der Waals surface area contributed by atoms with E-state index in [1.165, 1.54) is 37.9 Å². The van der Waals surface area contributed by atoms with Crippen LogP contribution in [0.3, 0.4) is 0 Å².